The number of aryl methyl sites for hydroxylation is 1. The van der Waals surface area contributed by atoms with Crippen LogP contribution < -0.4 is 10.5 Å². The molecule has 0 bridgehead atoms. The van der Waals surface area contributed by atoms with Gasteiger partial charge in [0.15, 0.2) is 0 Å². The third kappa shape index (κ3) is 3.21. The Kier molecular flexibility index (Phi) is 4.82. The van der Waals surface area contributed by atoms with Crippen LogP contribution in [0.4, 0.5) is 0 Å². The summed E-state index contributed by atoms with van der Waals surface area (Å²) in [5, 5.41) is 0. The summed E-state index contributed by atoms with van der Waals surface area (Å²) < 4.78 is 10.4. The smallest absolute Gasteiger partial charge is 0.121 e. The third-order valence-electron chi connectivity index (χ3n) is 3.57. The lowest BCUT2D eigenvalue weighted by Gasteiger charge is -2.27. The molecule has 1 aromatic carbocycles. The number of hydrogen-bond acceptors (Lipinski definition) is 4. The molecule has 2 rings (SSSR count). The molecule has 0 aliphatic carbocycles. The van der Waals surface area contributed by atoms with Crippen LogP contribution in [0.3, 0.4) is 0 Å². The molecule has 1 atom stereocenters. The van der Waals surface area contributed by atoms with Crippen molar-refractivity contribution < 1.29 is 9.15 Å². The summed E-state index contributed by atoms with van der Waals surface area (Å²) in [6.07, 6.45) is 3.46. The van der Waals surface area contributed by atoms with Crippen LogP contribution in [0.1, 0.15) is 22.7 Å². The van der Waals surface area contributed by atoms with Gasteiger partial charge in [0, 0.05) is 24.7 Å². The molecule has 0 radical (unpaired) electrons. The highest BCUT2D eigenvalue weighted by Crippen LogP contribution is 2.25. The molecule has 2 N–H and O–H groups in total. The standard InChI is InChI=1S/C16H22N2O2/c1-12-8-14(4-5-16(12)19-3)15(9-17)18(2)10-13-6-7-20-11-13/h4-8,11,15H,9-10,17H2,1-3H3. The molecular weight excluding hydrogens is 252 g/mol. The molecule has 2 aromatic rings. The maximum Gasteiger partial charge on any atom is 0.121 e. The topological polar surface area (TPSA) is 51.6 Å². The molecule has 0 amide bonds. The predicted octanol–water partition coefficient (Wildman–Crippen LogP) is 2.73. The highest BCUT2D eigenvalue weighted by Gasteiger charge is 2.17. The Bertz CT molecular complexity index is 537. The van der Waals surface area contributed by atoms with Gasteiger partial charge in [-0.1, -0.05) is 12.1 Å². The third-order valence-corrected chi connectivity index (χ3v) is 3.57. The molecule has 20 heavy (non-hydrogen) atoms. The Labute approximate surface area is 120 Å². The van der Waals surface area contributed by atoms with Gasteiger partial charge in [-0.05, 0) is 37.2 Å². The first kappa shape index (κ1) is 14.6. The normalized spacial score (nSPS) is 12.7. The summed E-state index contributed by atoms with van der Waals surface area (Å²) in [5.41, 5.74) is 9.44. The molecule has 0 fully saturated rings. The zero-order valence-electron chi connectivity index (χ0n) is 12.3. The van der Waals surface area contributed by atoms with Gasteiger partial charge in [-0.2, -0.15) is 0 Å². The van der Waals surface area contributed by atoms with Crippen LogP contribution in [0.2, 0.25) is 0 Å². The fraction of sp³-hybridized carbons (Fsp3) is 0.375. The van der Waals surface area contributed by atoms with Crippen molar-refractivity contribution >= 4 is 0 Å². The molecule has 0 aliphatic rings. The van der Waals surface area contributed by atoms with Crippen molar-refractivity contribution in [3.05, 3.63) is 53.5 Å². The lowest BCUT2D eigenvalue weighted by molar-refractivity contribution is 0.241. The Morgan fingerprint density at radius 2 is 2.15 bits per heavy atom. The molecule has 4 heteroatoms. The quantitative estimate of drug-likeness (QED) is 0.880. The molecule has 0 spiro atoms. The molecule has 1 heterocycles. The van der Waals surface area contributed by atoms with Crippen LogP contribution in [0.15, 0.2) is 41.2 Å². The van der Waals surface area contributed by atoms with Gasteiger partial charge >= 0.3 is 0 Å². The van der Waals surface area contributed by atoms with Gasteiger partial charge in [-0.15, -0.1) is 0 Å². The highest BCUT2D eigenvalue weighted by atomic mass is 16.5. The molecule has 0 saturated heterocycles. The average Bonchev–Trinajstić information content (AvgIpc) is 2.92. The maximum absolute atomic E-state index is 5.96. The lowest BCUT2D eigenvalue weighted by Crippen LogP contribution is -2.30. The van der Waals surface area contributed by atoms with E-state index < -0.39 is 0 Å². The second kappa shape index (κ2) is 6.59. The molecule has 1 aromatic heterocycles. The van der Waals surface area contributed by atoms with E-state index in [1.807, 2.05) is 19.1 Å². The van der Waals surface area contributed by atoms with Crippen LogP contribution >= 0.6 is 0 Å². The summed E-state index contributed by atoms with van der Waals surface area (Å²) in [6.45, 7) is 3.43. The number of nitrogens with zero attached hydrogens (tertiary/aromatic N) is 1. The summed E-state index contributed by atoms with van der Waals surface area (Å²) in [5.74, 6) is 0.905. The largest absolute Gasteiger partial charge is 0.496 e. The Balaban J connectivity index is 2.16. The van der Waals surface area contributed by atoms with Crippen molar-refractivity contribution in [2.45, 2.75) is 19.5 Å². The first-order chi connectivity index (χ1) is 9.65. The van der Waals surface area contributed by atoms with Crippen LogP contribution in [-0.4, -0.2) is 25.6 Å². The second-order valence-electron chi connectivity index (χ2n) is 5.03. The van der Waals surface area contributed by atoms with Gasteiger partial charge in [0.05, 0.1) is 19.6 Å². The predicted molar refractivity (Wildman–Crippen MR) is 79.7 cm³/mol. The van der Waals surface area contributed by atoms with Gasteiger partial charge in [0.1, 0.15) is 5.75 Å². The van der Waals surface area contributed by atoms with Gasteiger partial charge in [0.2, 0.25) is 0 Å². The van der Waals surface area contributed by atoms with E-state index in [1.165, 1.54) is 5.56 Å². The van der Waals surface area contributed by atoms with Crippen molar-refractivity contribution in [1.82, 2.24) is 4.90 Å². The van der Waals surface area contributed by atoms with Crippen molar-refractivity contribution in [3.8, 4) is 5.75 Å². The monoisotopic (exact) mass is 274 g/mol. The molecule has 0 saturated carbocycles. The fourth-order valence-corrected chi connectivity index (χ4v) is 2.46. The number of rotatable bonds is 6. The number of ether oxygens (including phenoxy) is 1. The summed E-state index contributed by atoms with van der Waals surface area (Å²) >= 11 is 0. The molecule has 0 aliphatic heterocycles. The Morgan fingerprint density at radius 1 is 1.35 bits per heavy atom. The first-order valence-electron chi connectivity index (χ1n) is 6.71. The van der Waals surface area contributed by atoms with E-state index in [9.17, 15) is 0 Å². The Hall–Kier alpha value is -1.78. The highest BCUT2D eigenvalue weighted by molar-refractivity contribution is 5.37. The van der Waals surface area contributed by atoms with Crippen LogP contribution in [-0.2, 0) is 6.54 Å². The van der Waals surface area contributed by atoms with Crippen molar-refractivity contribution in [2.75, 3.05) is 20.7 Å². The van der Waals surface area contributed by atoms with Crippen molar-refractivity contribution in [2.24, 2.45) is 5.73 Å². The number of nitrogens with two attached hydrogens (primary N) is 1. The summed E-state index contributed by atoms with van der Waals surface area (Å²) in [7, 11) is 3.76. The van der Waals surface area contributed by atoms with E-state index in [-0.39, 0.29) is 6.04 Å². The van der Waals surface area contributed by atoms with Crippen molar-refractivity contribution in [3.63, 3.8) is 0 Å². The average molecular weight is 274 g/mol. The minimum atomic E-state index is 0.175. The SMILES string of the molecule is COc1ccc(C(CN)N(C)Cc2ccoc2)cc1C. The molecule has 4 nitrogen and oxygen atoms in total. The van der Waals surface area contributed by atoms with E-state index in [4.69, 9.17) is 14.9 Å². The fourth-order valence-electron chi connectivity index (χ4n) is 2.46. The van der Waals surface area contributed by atoms with E-state index >= 15 is 0 Å². The molecular formula is C16H22N2O2. The molecule has 108 valence electrons. The van der Waals surface area contributed by atoms with Gasteiger partial charge in [-0.25, -0.2) is 0 Å². The summed E-state index contributed by atoms with van der Waals surface area (Å²) in [4.78, 5) is 2.23. The van der Waals surface area contributed by atoms with Crippen molar-refractivity contribution in [1.29, 1.82) is 0 Å². The number of hydrogen-bond donors (Lipinski definition) is 1. The van der Waals surface area contributed by atoms with Gasteiger partial charge < -0.3 is 14.9 Å². The van der Waals surface area contributed by atoms with E-state index in [0.29, 0.717) is 6.54 Å². The maximum atomic E-state index is 5.96. The summed E-state index contributed by atoms with van der Waals surface area (Å²) in [6, 6.07) is 8.37. The zero-order chi connectivity index (χ0) is 14.5. The van der Waals surface area contributed by atoms with Crippen LogP contribution in [0, 0.1) is 6.92 Å². The minimum absolute atomic E-state index is 0.175. The van der Waals surface area contributed by atoms with E-state index in [1.54, 1.807) is 19.6 Å². The number of methoxy groups -OCH3 is 1. The number of likely N-dealkylation sites (N-methyl/N-ethyl adjacent to an activating group) is 1. The lowest BCUT2D eigenvalue weighted by atomic mass is 10.0. The van der Waals surface area contributed by atoms with Gasteiger partial charge in [0.25, 0.3) is 0 Å². The number of benzene rings is 1. The van der Waals surface area contributed by atoms with Crippen LogP contribution in [0.25, 0.3) is 0 Å². The second-order valence-corrected chi connectivity index (χ2v) is 5.03. The van der Waals surface area contributed by atoms with E-state index in [0.717, 1.165) is 23.4 Å². The molecule has 1 unspecified atom stereocenters. The van der Waals surface area contributed by atoms with Gasteiger partial charge in [-0.3, -0.25) is 4.90 Å². The number of furan rings is 1. The van der Waals surface area contributed by atoms with Crippen LogP contribution in [0.5, 0.6) is 5.75 Å². The van der Waals surface area contributed by atoms with E-state index in [2.05, 4.69) is 24.1 Å². The Morgan fingerprint density at radius 3 is 2.70 bits per heavy atom. The zero-order valence-corrected chi connectivity index (χ0v) is 12.3. The first-order valence-corrected chi connectivity index (χ1v) is 6.71. The minimum Gasteiger partial charge on any atom is -0.496 e.